The van der Waals surface area contributed by atoms with Gasteiger partial charge in [-0.25, -0.2) is 0 Å². The Morgan fingerprint density at radius 2 is 1.12 bits per heavy atom. The molecule has 1 aliphatic rings. The molecule has 2 atom stereocenters. The van der Waals surface area contributed by atoms with E-state index in [2.05, 4.69) is 8.37 Å². The summed E-state index contributed by atoms with van der Waals surface area (Å²) >= 11 is 0. The van der Waals surface area contributed by atoms with Gasteiger partial charge < -0.3 is 9.80 Å². The zero-order valence-electron chi connectivity index (χ0n) is 15.4. The van der Waals surface area contributed by atoms with Gasteiger partial charge in [-0.2, -0.15) is 16.8 Å². The van der Waals surface area contributed by atoms with Gasteiger partial charge in [-0.05, 0) is 13.8 Å². The van der Waals surface area contributed by atoms with E-state index in [-0.39, 0.29) is 50.0 Å². The number of hydrogen-bond donors (Lipinski definition) is 0. The fourth-order valence-electron chi connectivity index (χ4n) is 2.67. The van der Waals surface area contributed by atoms with Crippen LogP contribution in [0.5, 0.6) is 0 Å². The van der Waals surface area contributed by atoms with Crippen LogP contribution in [0.25, 0.3) is 0 Å². The molecule has 0 aromatic rings. The van der Waals surface area contributed by atoms with Crippen molar-refractivity contribution in [2.24, 2.45) is 0 Å². The SMILES string of the molecule is C[C@@H]1CN(C(=O)CCOS(C)(=O)=O)[C@@H](C)CN1C(=O)CCOS(C)(=O)=O. The summed E-state index contributed by atoms with van der Waals surface area (Å²) in [7, 11) is -7.19. The first-order valence-electron chi connectivity index (χ1n) is 8.08. The molecule has 1 aliphatic heterocycles. The van der Waals surface area contributed by atoms with Gasteiger partial charge in [-0.1, -0.05) is 0 Å². The quantitative estimate of drug-likeness (QED) is 0.471. The van der Waals surface area contributed by atoms with Gasteiger partial charge in [0.25, 0.3) is 20.2 Å². The number of carbonyl (C=O) groups excluding carboxylic acids is 2. The van der Waals surface area contributed by atoms with Crippen molar-refractivity contribution in [1.82, 2.24) is 9.80 Å². The van der Waals surface area contributed by atoms with Crippen molar-refractivity contribution in [3.8, 4) is 0 Å². The highest BCUT2D eigenvalue weighted by Gasteiger charge is 2.34. The van der Waals surface area contributed by atoms with E-state index in [1.807, 2.05) is 0 Å². The molecular formula is C14H26N2O8S2. The highest BCUT2D eigenvalue weighted by Crippen LogP contribution is 2.17. The smallest absolute Gasteiger partial charge is 0.264 e. The van der Waals surface area contributed by atoms with Gasteiger partial charge in [0.05, 0.1) is 38.6 Å². The van der Waals surface area contributed by atoms with E-state index >= 15 is 0 Å². The van der Waals surface area contributed by atoms with E-state index in [4.69, 9.17) is 0 Å². The normalized spacial score (nSPS) is 21.7. The second-order valence-corrected chi connectivity index (χ2v) is 9.63. The Balaban J connectivity index is 2.55. The Hall–Kier alpha value is -1.24. The topological polar surface area (TPSA) is 127 Å². The molecule has 0 radical (unpaired) electrons. The number of piperazine rings is 1. The van der Waals surface area contributed by atoms with Crippen LogP contribution in [0.15, 0.2) is 0 Å². The van der Waals surface area contributed by atoms with Crippen LogP contribution >= 0.6 is 0 Å². The maximum atomic E-state index is 12.3. The van der Waals surface area contributed by atoms with Crippen LogP contribution in [0, 0.1) is 0 Å². The molecule has 26 heavy (non-hydrogen) atoms. The monoisotopic (exact) mass is 414 g/mol. The number of amides is 2. The second kappa shape index (κ2) is 9.11. The lowest BCUT2D eigenvalue weighted by atomic mass is 10.1. The lowest BCUT2D eigenvalue weighted by molar-refractivity contribution is -0.146. The average molecular weight is 415 g/mol. The third-order valence-corrected chi connectivity index (χ3v) is 5.04. The van der Waals surface area contributed by atoms with Crippen molar-refractivity contribution in [2.45, 2.75) is 38.8 Å². The van der Waals surface area contributed by atoms with Gasteiger partial charge in [0.1, 0.15) is 0 Å². The first kappa shape index (κ1) is 22.8. The largest absolute Gasteiger partial charge is 0.336 e. The number of hydrogen-bond acceptors (Lipinski definition) is 8. The zero-order valence-corrected chi connectivity index (χ0v) is 17.0. The van der Waals surface area contributed by atoms with Gasteiger partial charge in [-0.3, -0.25) is 18.0 Å². The van der Waals surface area contributed by atoms with E-state index in [1.165, 1.54) is 0 Å². The van der Waals surface area contributed by atoms with Gasteiger partial charge >= 0.3 is 0 Å². The minimum atomic E-state index is -3.59. The maximum Gasteiger partial charge on any atom is 0.264 e. The molecule has 0 aliphatic carbocycles. The highest BCUT2D eigenvalue weighted by atomic mass is 32.2. The van der Waals surface area contributed by atoms with Crippen molar-refractivity contribution in [3.05, 3.63) is 0 Å². The van der Waals surface area contributed by atoms with Gasteiger partial charge in [0.2, 0.25) is 11.8 Å². The Morgan fingerprint density at radius 1 is 0.808 bits per heavy atom. The minimum absolute atomic E-state index is 0.0692. The van der Waals surface area contributed by atoms with E-state index < -0.39 is 20.2 Å². The molecule has 0 bridgehead atoms. The highest BCUT2D eigenvalue weighted by molar-refractivity contribution is 7.86. The van der Waals surface area contributed by atoms with Crippen LogP contribution in [-0.2, 0) is 38.2 Å². The molecule has 0 unspecified atom stereocenters. The molecule has 1 heterocycles. The molecule has 152 valence electrons. The summed E-state index contributed by atoms with van der Waals surface area (Å²) in [5.41, 5.74) is 0. The predicted molar refractivity (Wildman–Crippen MR) is 93.2 cm³/mol. The summed E-state index contributed by atoms with van der Waals surface area (Å²) in [4.78, 5) is 27.7. The van der Waals surface area contributed by atoms with E-state index in [0.29, 0.717) is 13.1 Å². The molecule has 0 aromatic heterocycles. The molecule has 2 amide bonds. The van der Waals surface area contributed by atoms with E-state index in [0.717, 1.165) is 12.5 Å². The van der Waals surface area contributed by atoms with Crippen LogP contribution in [0.3, 0.4) is 0 Å². The Kier molecular flexibility index (Phi) is 7.99. The van der Waals surface area contributed by atoms with Crippen LogP contribution in [0.1, 0.15) is 26.7 Å². The Bertz CT molecular complexity index is 657. The van der Waals surface area contributed by atoms with E-state index in [9.17, 15) is 26.4 Å². The summed E-state index contributed by atoms with van der Waals surface area (Å²) in [5, 5.41) is 0. The van der Waals surface area contributed by atoms with Crippen LogP contribution in [-0.4, -0.2) is 89.3 Å². The lowest BCUT2D eigenvalue weighted by Gasteiger charge is -2.44. The van der Waals surface area contributed by atoms with Crippen molar-refractivity contribution < 1.29 is 34.8 Å². The first-order chi connectivity index (χ1) is 11.8. The second-order valence-electron chi connectivity index (χ2n) is 6.34. The molecule has 12 heteroatoms. The molecule has 0 spiro atoms. The minimum Gasteiger partial charge on any atom is -0.336 e. The molecule has 0 N–H and O–H groups in total. The summed E-state index contributed by atoms with van der Waals surface area (Å²) in [6, 6.07) is -0.506. The van der Waals surface area contributed by atoms with Crippen LogP contribution in [0.2, 0.25) is 0 Å². The van der Waals surface area contributed by atoms with Crippen molar-refractivity contribution >= 4 is 32.1 Å². The number of carbonyl (C=O) groups is 2. The molecule has 1 saturated heterocycles. The first-order valence-corrected chi connectivity index (χ1v) is 11.7. The van der Waals surface area contributed by atoms with Gasteiger partial charge in [0, 0.05) is 25.2 Å². The summed E-state index contributed by atoms with van der Waals surface area (Å²) < 4.78 is 52.9. The maximum absolute atomic E-state index is 12.3. The zero-order chi connectivity index (χ0) is 20.1. The molecule has 0 aromatic carbocycles. The number of rotatable bonds is 8. The van der Waals surface area contributed by atoms with Gasteiger partial charge in [0.15, 0.2) is 0 Å². The third kappa shape index (κ3) is 7.98. The molecule has 1 rings (SSSR count). The van der Waals surface area contributed by atoms with Crippen molar-refractivity contribution in [3.63, 3.8) is 0 Å². The summed E-state index contributed by atoms with van der Waals surface area (Å²) in [5.74, 6) is -0.499. The summed E-state index contributed by atoms with van der Waals surface area (Å²) in [6.07, 6.45) is 1.70. The number of nitrogens with zero attached hydrogens (tertiary/aromatic N) is 2. The third-order valence-electron chi connectivity index (χ3n) is 3.85. The van der Waals surface area contributed by atoms with E-state index in [1.54, 1.807) is 23.6 Å². The van der Waals surface area contributed by atoms with Crippen LogP contribution in [0.4, 0.5) is 0 Å². The molecule has 10 nitrogen and oxygen atoms in total. The van der Waals surface area contributed by atoms with Crippen molar-refractivity contribution in [2.75, 3.05) is 38.8 Å². The molecule has 1 fully saturated rings. The average Bonchev–Trinajstić information content (AvgIpc) is 2.46. The lowest BCUT2D eigenvalue weighted by Crippen LogP contribution is -2.59. The van der Waals surface area contributed by atoms with Crippen molar-refractivity contribution in [1.29, 1.82) is 0 Å². The summed E-state index contributed by atoms with van der Waals surface area (Å²) in [6.45, 7) is 3.74. The van der Waals surface area contributed by atoms with Crippen LogP contribution < -0.4 is 0 Å². The molecule has 0 saturated carbocycles. The standard InChI is InChI=1S/C14H26N2O8S2/c1-11-9-16(14(18)6-8-24-26(4,21)22)12(2)10-15(11)13(17)5-7-23-25(3,19)20/h11-12H,5-10H2,1-4H3/t11-,12+. The fourth-order valence-corrected chi connectivity index (χ4v) is 3.44. The Morgan fingerprint density at radius 3 is 1.38 bits per heavy atom. The fraction of sp³-hybridized carbons (Fsp3) is 0.857. The Labute approximate surface area is 154 Å². The molecular weight excluding hydrogens is 388 g/mol. The predicted octanol–water partition coefficient (Wildman–Crippen LogP) is -0.833. The van der Waals surface area contributed by atoms with Gasteiger partial charge in [-0.15, -0.1) is 0 Å².